The fourth-order valence-electron chi connectivity index (χ4n) is 2.14. The summed E-state index contributed by atoms with van der Waals surface area (Å²) in [4.78, 5) is 2.25. The Morgan fingerprint density at radius 1 is 1.69 bits per heavy atom. The zero-order valence-corrected chi connectivity index (χ0v) is 9.39. The van der Waals surface area contributed by atoms with Crippen LogP contribution in [0.15, 0.2) is 16.5 Å². The molecule has 0 radical (unpaired) electrons. The van der Waals surface area contributed by atoms with E-state index in [1.165, 1.54) is 0 Å². The van der Waals surface area contributed by atoms with Crippen molar-refractivity contribution in [1.82, 2.24) is 4.90 Å². The van der Waals surface area contributed by atoms with Crippen molar-refractivity contribution in [3.63, 3.8) is 0 Å². The van der Waals surface area contributed by atoms with Gasteiger partial charge in [0.15, 0.2) is 0 Å². The summed E-state index contributed by atoms with van der Waals surface area (Å²) in [6, 6.07) is 5.51. The molecule has 0 saturated carbocycles. The molecule has 2 heterocycles. The highest BCUT2D eigenvalue weighted by atomic mass is 16.3. The molecule has 0 aliphatic carbocycles. The van der Waals surface area contributed by atoms with E-state index in [-0.39, 0.29) is 6.10 Å². The lowest BCUT2D eigenvalue weighted by Gasteiger charge is -2.15. The van der Waals surface area contributed by atoms with Crippen LogP contribution >= 0.6 is 0 Å². The quantitative estimate of drug-likeness (QED) is 0.835. The van der Waals surface area contributed by atoms with Gasteiger partial charge in [0.2, 0.25) is 5.76 Å². The van der Waals surface area contributed by atoms with Crippen LogP contribution in [0, 0.1) is 17.2 Å². The van der Waals surface area contributed by atoms with Crippen LogP contribution < -0.4 is 0 Å². The van der Waals surface area contributed by atoms with Crippen LogP contribution in [0.1, 0.15) is 24.9 Å². The average Bonchev–Trinajstić information content (AvgIpc) is 2.87. The summed E-state index contributed by atoms with van der Waals surface area (Å²) in [5.74, 6) is 1.55. The van der Waals surface area contributed by atoms with E-state index in [1.807, 2.05) is 19.1 Å². The van der Waals surface area contributed by atoms with Crippen molar-refractivity contribution in [3.05, 3.63) is 23.7 Å². The minimum atomic E-state index is -0.240. The van der Waals surface area contributed by atoms with E-state index in [0.717, 1.165) is 31.8 Å². The van der Waals surface area contributed by atoms with Crippen molar-refractivity contribution in [1.29, 1.82) is 5.26 Å². The second-order valence-electron chi connectivity index (χ2n) is 4.40. The normalized spacial score (nSPS) is 23.2. The SMILES string of the molecule is CC(O)C1CCN(Cc2ccc(C#N)o2)C1. The number of hydrogen-bond acceptors (Lipinski definition) is 4. The molecule has 2 unspecified atom stereocenters. The van der Waals surface area contributed by atoms with E-state index in [9.17, 15) is 5.11 Å². The van der Waals surface area contributed by atoms with Crippen LogP contribution in [0.3, 0.4) is 0 Å². The first kappa shape index (κ1) is 11.2. The molecule has 0 aromatic carbocycles. The number of aliphatic hydroxyl groups excluding tert-OH is 1. The molecule has 1 saturated heterocycles. The largest absolute Gasteiger partial charge is 0.449 e. The van der Waals surface area contributed by atoms with E-state index in [0.29, 0.717) is 11.7 Å². The van der Waals surface area contributed by atoms with Gasteiger partial charge in [0.1, 0.15) is 11.8 Å². The molecular formula is C12H16N2O2. The minimum absolute atomic E-state index is 0.240. The predicted octanol–water partition coefficient (Wildman–Crippen LogP) is 1.35. The molecular weight excluding hydrogens is 204 g/mol. The molecule has 1 N–H and O–H groups in total. The van der Waals surface area contributed by atoms with Crippen LogP contribution in [0.2, 0.25) is 0 Å². The zero-order valence-electron chi connectivity index (χ0n) is 9.39. The predicted molar refractivity (Wildman–Crippen MR) is 58.5 cm³/mol. The molecule has 16 heavy (non-hydrogen) atoms. The number of aliphatic hydroxyl groups is 1. The van der Waals surface area contributed by atoms with E-state index in [4.69, 9.17) is 9.68 Å². The van der Waals surface area contributed by atoms with Gasteiger partial charge in [-0.05, 0) is 37.9 Å². The lowest BCUT2D eigenvalue weighted by Crippen LogP contribution is -2.23. The molecule has 2 atom stereocenters. The molecule has 1 aromatic rings. The summed E-state index contributed by atoms with van der Waals surface area (Å²) in [6.07, 6.45) is 0.792. The average molecular weight is 220 g/mol. The van der Waals surface area contributed by atoms with Crippen molar-refractivity contribution in [3.8, 4) is 6.07 Å². The van der Waals surface area contributed by atoms with Gasteiger partial charge in [-0.25, -0.2) is 0 Å². The molecule has 1 aromatic heterocycles. The lowest BCUT2D eigenvalue weighted by atomic mass is 10.0. The van der Waals surface area contributed by atoms with Gasteiger partial charge < -0.3 is 9.52 Å². The highest BCUT2D eigenvalue weighted by Gasteiger charge is 2.26. The monoisotopic (exact) mass is 220 g/mol. The molecule has 86 valence electrons. The Balaban J connectivity index is 1.90. The van der Waals surface area contributed by atoms with Gasteiger partial charge in [-0.1, -0.05) is 0 Å². The van der Waals surface area contributed by atoms with Gasteiger partial charge in [0.05, 0.1) is 12.6 Å². The molecule has 0 spiro atoms. The number of furan rings is 1. The molecule has 2 rings (SSSR count). The Hall–Kier alpha value is -1.31. The minimum Gasteiger partial charge on any atom is -0.449 e. The van der Waals surface area contributed by atoms with Gasteiger partial charge in [-0.15, -0.1) is 0 Å². The molecule has 4 nitrogen and oxygen atoms in total. The molecule has 0 amide bonds. The Labute approximate surface area is 95.1 Å². The van der Waals surface area contributed by atoms with Gasteiger partial charge in [-0.2, -0.15) is 5.26 Å². The summed E-state index contributed by atoms with van der Waals surface area (Å²) in [5, 5.41) is 18.1. The van der Waals surface area contributed by atoms with Gasteiger partial charge in [0, 0.05) is 6.54 Å². The van der Waals surface area contributed by atoms with Crippen LogP contribution in [-0.4, -0.2) is 29.2 Å². The van der Waals surface area contributed by atoms with Crippen LogP contribution in [0.25, 0.3) is 0 Å². The fourth-order valence-corrected chi connectivity index (χ4v) is 2.14. The summed E-state index contributed by atoms with van der Waals surface area (Å²) in [5.41, 5.74) is 0. The molecule has 0 bridgehead atoms. The summed E-state index contributed by atoms with van der Waals surface area (Å²) < 4.78 is 5.33. The Bertz CT molecular complexity index is 392. The van der Waals surface area contributed by atoms with E-state index in [1.54, 1.807) is 6.07 Å². The molecule has 4 heteroatoms. The number of rotatable bonds is 3. The van der Waals surface area contributed by atoms with Crippen LogP contribution in [0.5, 0.6) is 0 Å². The van der Waals surface area contributed by atoms with E-state index < -0.39 is 0 Å². The highest BCUT2D eigenvalue weighted by Crippen LogP contribution is 2.21. The third-order valence-corrected chi connectivity index (χ3v) is 3.14. The zero-order chi connectivity index (χ0) is 11.5. The number of nitrogens with zero attached hydrogens (tertiary/aromatic N) is 2. The van der Waals surface area contributed by atoms with Crippen LogP contribution in [0.4, 0.5) is 0 Å². The smallest absolute Gasteiger partial charge is 0.203 e. The second kappa shape index (κ2) is 4.69. The number of nitriles is 1. The molecule has 1 fully saturated rings. The number of likely N-dealkylation sites (tertiary alicyclic amines) is 1. The third-order valence-electron chi connectivity index (χ3n) is 3.14. The second-order valence-corrected chi connectivity index (χ2v) is 4.40. The molecule has 1 aliphatic rings. The van der Waals surface area contributed by atoms with Gasteiger partial charge in [0.25, 0.3) is 0 Å². The van der Waals surface area contributed by atoms with E-state index in [2.05, 4.69) is 4.90 Å². The summed E-state index contributed by atoms with van der Waals surface area (Å²) >= 11 is 0. The van der Waals surface area contributed by atoms with Crippen molar-refractivity contribution in [2.24, 2.45) is 5.92 Å². The first-order valence-corrected chi connectivity index (χ1v) is 5.58. The third kappa shape index (κ3) is 2.43. The Morgan fingerprint density at radius 2 is 2.50 bits per heavy atom. The molecule has 1 aliphatic heterocycles. The number of hydrogen-bond donors (Lipinski definition) is 1. The maximum Gasteiger partial charge on any atom is 0.203 e. The van der Waals surface area contributed by atoms with Crippen molar-refractivity contribution in [2.75, 3.05) is 13.1 Å². The van der Waals surface area contributed by atoms with Crippen LogP contribution in [-0.2, 0) is 6.54 Å². The fraction of sp³-hybridized carbons (Fsp3) is 0.583. The maximum absolute atomic E-state index is 9.49. The standard InChI is InChI=1S/C12H16N2O2/c1-9(15)10-4-5-14(7-10)8-12-3-2-11(6-13)16-12/h2-3,9-10,15H,4-5,7-8H2,1H3. The maximum atomic E-state index is 9.49. The summed E-state index contributed by atoms with van der Waals surface area (Å²) in [7, 11) is 0. The Morgan fingerprint density at radius 3 is 3.06 bits per heavy atom. The topological polar surface area (TPSA) is 60.4 Å². The lowest BCUT2D eigenvalue weighted by molar-refractivity contribution is 0.126. The first-order chi connectivity index (χ1) is 7.69. The first-order valence-electron chi connectivity index (χ1n) is 5.58. The summed E-state index contributed by atoms with van der Waals surface area (Å²) in [6.45, 7) is 4.46. The van der Waals surface area contributed by atoms with Gasteiger partial charge in [-0.3, -0.25) is 4.90 Å². The van der Waals surface area contributed by atoms with Crippen molar-refractivity contribution in [2.45, 2.75) is 26.0 Å². The van der Waals surface area contributed by atoms with Crippen molar-refractivity contribution >= 4 is 0 Å². The highest BCUT2D eigenvalue weighted by molar-refractivity contribution is 5.19. The Kier molecular flexibility index (Phi) is 3.28. The van der Waals surface area contributed by atoms with Crippen molar-refractivity contribution < 1.29 is 9.52 Å². The van der Waals surface area contributed by atoms with E-state index >= 15 is 0 Å². The van der Waals surface area contributed by atoms with Gasteiger partial charge >= 0.3 is 0 Å².